The van der Waals surface area contributed by atoms with Gasteiger partial charge in [-0.25, -0.2) is 4.79 Å². The fourth-order valence-electron chi connectivity index (χ4n) is 2.67. The van der Waals surface area contributed by atoms with Crippen molar-refractivity contribution in [3.05, 3.63) is 48.0 Å². The van der Waals surface area contributed by atoms with Gasteiger partial charge in [-0.15, -0.1) is 0 Å². The maximum atomic E-state index is 12.2. The van der Waals surface area contributed by atoms with Crippen LogP contribution in [0.25, 0.3) is 6.08 Å². The van der Waals surface area contributed by atoms with Gasteiger partial charge in [0.05, 0.1) is 0 Å². The molecule has 1 amide bonds. The molecular weight excluding hydrogens is 366 g/mol. The third-order valence-corrected chi connectivity index (χ3v) is 4.11. The molecule has 2 aromatic rings. The summed E-state index contributed by atoms with van der Waals surface area (Å²) >= 11 is 0. The van der Waals surface area contributed by atoms with Gasteiger partial charge in [0.2, 0.25) is 13.6 Å². The molecular formula is C20H17NO7. The van der Waals surface area contributed by atoms with Gasteiger partial charge in [0.15, 0.2) is 29.1 Å². The normalized spacial score (nSPS) is 14.8. The fraction of sp³-hybridized carbons (Fsp3) is 0.200. The van der Waals surface area contributed by atoms with Crippen LogP contribution in [0.5, 0.6) is 23.0 Å². The highest BCUT2D eigenvalue weighted by atomic mass is 16.7. The predicted octanol–water partition coefficient (Wildman–Crippen LogP) is 2.73. The maximum Gasteiger partial charge on any atom is 0.331 e. The number of rotatable bonds is 5. The zero-order chi connectivity index (χ0) is 19.5. The zero-order valence-electron chi connectivity index (χ0n) is 15.0. The summed E-state index contributed by atoms with van der Waals surface area (Å²) in [7, 11) is 0. The van der Waals surface area contributed by atoms with Crippen molar-refractivity contribution in [3.8, 4) is 23.0 Å². The summed E-state index contributed by atoms with van der Waals surface area (Å²) in [4.78, 5) is 24.2. The number of hydrogen-bond donors (Lipinski definition) is 1. The third-order valence-electron chi connectivity index (χ3n) is 4.11. The maximum absolute atomic E-state index is 12.2. The molecule has 0 saturated carbocycles. The number of amides is 1. The summed E-state index contributed by atoms with van der Waals surface area (Å²) in [6.07, 6.45) is 1.86. The third kappa shape index (κ3) is 3.85. The Morgan fingerprint density at radius 1 is 0.964 bits per heavy atom. The molecule has 0 saturated heterocycles. The highest BCUT2D eigenvalue weighted by molar-refractivity contribution is 5.96. The first kappa shape index (κ1) is 17.7. The predicted molar refractivity (Wildman–Crippen MR) is 98.3 cm³/mol. The quantitative estimate of drug-likeness (QED) is 0.627. The first-order valence-corrected chi connectivity index (χ1v) is 8.57. The van der Waals surface area contributed by atoms with E-state index in [1.165, 1.54) is 13.0 Å². The minimum atomic E-state index is -0.973. The fourth-order valence-corrected chi connectivity index (χ4v) is 2.67. The Balaban J connectivity index is 1.31. The lowest BCUT2D eigenvalue weighted by molar-refractivity contribution is -0.148. The van der Waals surface area contributed by atoms with Crippen LogP contribution in [0, 0.1) is 0 Å². The number of carbonyl (C=O) groups is 2. The number of nitrogens with one attached hydrogen (secondary N) is 1. The summed E-state index contributed by atoms with van der Waals surface area (Å²) in [6, 6.07) is 10.3. The Morgan fingerprint density at radius 3 is 2.36 bits per heavy atom. The summed E-state index contributed by atoms with van der Waals surface area (Å²) < 4.78 is 26.1. The first-order chi connectivity index (χ1) is 13.6. The molecule has 0 bridgehead atoms. The molecule has 8 heteroatoms. The molecule has 1 N–H and O–H groups in total. The number of ether oxygens (including phenoxy) is 5. The first-order valence-electron chi connectivity index (χ1n) is 8.57. The lowest BCUT2D eigenvalue weighted by Crippen LogP contribution is -2.29. The molecule has 144 valence electrons. The molecule has 8 nitrogen and oxygen atoms in total. The van der Waals surface area contributed by atoms with Crippen LogP contribution < -0.4 is 24.3 Å². The van der Waals surface area contributed by atoms with Crippen LogP contribution in [0.4, 0.5) is 5.69 Å². The van der Waals surface area contributed by atoms with Gasteiger partial charge in [-0.1, -0.05) is 6.07 Å². The Labute approximate surface area is 160 Å². The van der Waals surface area contributed by atoms with E-state index >= 15 is 0 Å². The van der Waals surface area contributed by atoms with E-state index in [1.54, 1.807) is 42.5 Å². The van der Waals surface area contributed by atoms with Gasteiger partial charge < -0.3 is 29.0 Å². The van der Waals surface area contributed by atoms with E-state index in [2.05, 4.69) is 5.32 Å². The van der Waals surface area contributed by atoms with Crippen molar-refractivity contribution in [1.82, 2.24) is 0 Å². The summed E-state index contributed by atoms with van der Waals surface area (Å²) in [5.74, 6) is 1.36. The topological polar surface area (TPSA) is 92.3 Å². The number of carbonyl (C=O) groups excluding carboxylic acids is 2. The number of hydrogen-bond acceptors (Lipinski definition) is 7. The van der Waals surface area contributed by atoms with E-state index in [-0.39, 0.29) is 13.6 Å². The average molecular weight is 383 g/mol. The number of fused-ring (bicyclic) bond motifs is 2. The van der Waals surface area contributed by atoms with Gasteiger partial charge in [-0.05, 0) is 42.8 Å². The smallest absolute Gasteiger partial charge is 0.331 e. The van der Waals surface area contributed by atoms with Gasteiger partial charge in [0.1, 0.15) is 0 Å². The molecule has 2 aliphatic rings. The second-order valence-electron chi connectivity index (χ2n) is 6.08. The molecule has 2 aromatic carbocycles. The van der Waals surface area contributed by atoms with Crippen LogP contribution in [0.2, 0.25) is 0 Å². The van der Waals surface area contributed by atoms with E-state index in [0.29, 0.717) is 28.7 Å². The molecule has 2 aliphatic heterocycles. The SMILES string of the molecule is CC(OC(=O)/C=C/c1ccc2c(c1)OCO2)C(=O)Nc1ccc2c(c1)OCO2. The number of esters is 1. The Morgan fingerprint density at radius 2 is 1.61 bits per heavy atom. The molecule has 0 radical (unpaired) electrons. The van der Waals surface area contributed by atoms with E-state index in [9.17, 15) is 9.59 Å². The van der Waals surface area contributed by atoms with E-state index in [4.69, 9.17) is 23.7 Å². The van der Waals surface area contributed by atoms with Gasteiger partial charge >= 0.3 is 5.97 Å². The molecule has 1 unspecified atom stereocenters. The average Bonchev–Trinajstić information content (AvgIpc) is 3.34. The lowest BCUT2D eigenvalue weighted by Gasteiger charge is -2.12. The Kier molecular flexibility index (Phi) is 4.76. The highest BCUT2D eigenvalue weighted by Gasteiger charge is 2.19. The Hall–Kier alpha value is -3.68. The van der Waals surface area contributed by atoms with Crippen LogP contribution in [0.1, 0.15) is 12.5 Å². The van der Waals surface area contributed by atoms with Crippen molar-refractivity contribution in [3.63, 3.8) is 0 Å². The van der Waals surface area contributed by atoms with Crippen molar-refractivity contribution >= 4 is 23.6 Å². The van der Waals surface area contributed by atoms with Gasteiger partial charge in [0, 0.05) is 17.8 Å². The van der Waals surface area contributed by atoms with Gasteiger partial charge in [-0.3, -0.25) is 4.79 Å². The zero-order valence-corrected chi connectivity index (χ0v) is 15.0. The number of anilines is 1. The molecule has 0 fully saturated rings. The highest BCUT2D eigenvalue weighted by Crippen LogP contribution is 2.34. The van der Waals surface area contributed by atoms with Crippen molar-refractivity contribution < 1.29 is 33.3 Å². The van der Waals surface area contributed by atoms with E-state index in [1.807, 2.05) is 0 Å². The molecule has 1 atom stereocenters. The largest absolute Gasteiger partial charge is 0.454 e. The molecule has 28 heavy (non-hydrogen) atoms. The lowest BCUT2D eigenvalue weighted by atomic mass is 10.2. The Bertz CT molecular complexity index is 954. The monoisotopic (exact) mass is 383 g/mol. The second-order valence-corrected chi connectivity index (χ2v) is 6.08. The standard InChI is InChI=1S/C20H17NO7/c1-12(20(23)21-14-4-6-16-18(9-14)27-11-25-16)28-19(22)7-3-13-2-5-15-17(8-13)26-10-24-15/h2-9,12H,10-11H2,1H3,(H,21,23)/b7-3+. The molecule has 0 spiro atoms. The van der Waals surface area contributed by atoms with Crippen LogP contribution in [0.3, 0.4) is 0 Å². The van der Waals surface area contributed by atoms with Gasteiger partial charge in [-0.2, -0.15) is 0 Å². The minimum absolute atomic E-state index is 0.149. The molecule has 0 aliphatic carbocycles. The van der Waals surface area contributed by atoms with Crippen molar-refractivity contribution in [2.24, 2.45) is 0 Å². The van der Waals surface area contributed by atoms with E-state index in [0.717, 1.165) is 5.56 Å². The van der Waals surface area contributed by atoms with Crippen LogP contribution in [-0.4, -0.2) is 31.6 Å². The van der Waals surface area contributed by atoms with Gasteiger partial charge in [0.25, 0.3) is 5.91 Å². The summed E-state index contributed by atoms with van der Waals surface area (Å²) in [5.41, 5.74) is 1.27. The van der Waals surface area contributed by atoms with Crippen LogP contribution in [0.15, 0.2) is 42.5 Å². The molecule has 2 heterocycles. The van der Waals surface area contributed by atoms with E-state index < -0.39 is 18.0 Å². The van der Waals surface area contributed by atoms with Crippen LogP contribution >= 0.6 is 0 Å². The van der Waals surface area contributed by atoms with Crippen molar-refractivity contribution in [2.75, 3.05) is 18.9 Å². The minimum Gasteiger partial charge on any atom is -0.454 e. The second kappa shape index (κ2) is 7.51. The van der Waals surface area contributed by atoms with Crippen LogP contribution in [-0.2, 0) is 14.3 Å². The molecule has 4 rings (SSSR count). The van der Waals surface area contributed by atoms with Crippen molar-refractivity contribution in [2.45, 2.75) is 13.0 Å². The summed E-state index contributed by atoms with van der Waals surface area (Å²) in [6.45, 7) is 1.83. The molecule has 0 aromatic heterocycles. The van der Waals surface area contributed by atoms with Crippen molar-refractivity contribution in [1.29, 1.82) is 0 Å². The summed E-state index contributed by atoms with van der Waals surface area (Å²) in [5, 5.41) is 2.67. The number of benzene rings is 2.